The lowest BCUT2D eigenvalue weighted by molar-refractivity contribution is -0.114. The molecule has 0 radical (unpaired) electrons. The number of carbonyl (C=O) groups excluding carboxylic acids is 1. The fourth-order valence-electron chi connectivity index (χ4n) is 2.88. The molecule has 0 saturated heterocycles. The van der Waals surface area contributed by atoms with Crippen molar-refractivity contribution in [2.24, 2.45) is 0 Å². The highest BCUT2D eigenvalue weighted by atomic mass is 79.9. The van der Waals surface area contributed by atoms with Crippen LogP contribution in [0.15, 0.2) is 76.1 Å². The van der Waals surface area contributed by atoms with Gasteiger partial charge in [0.1, 0.15) is 12.3 Å². The SMILES string of the molecule is COc1ccc(Cl)cc1NC(=O)CN(c1cccc(Br)c1)S(=O)(=O)c1ccc(C)cc1. The van der Waals surface area contributed by atoms with Crippen LogP contribution >= 0.6 is 27.5 Å². The first-order valence-electron chi connectivity index (χ1n) is 9.19. The number of methoxy groups -OCH3 is 1. The van der Waals surface area contributed by atoms with Crippen LogP contribution in [0.5, 0.6) is 5.75 Å². The van der Waals surface area contributed by atoms with Gasteiger partial charge in [-0.2, -0.15) is 0 Å². The number of amides is 1. The number of nitrogens with zero attached hydrogens (tertiary/aromatic N) is 1. The molecule has 162 valence electrons. The molecule has 1 N–H and O–H groups in total. The van der Waals surface area contributed by atoms with E-state index in [9.17, 15) is 13.2 Å². The first-order chi connectivity index (χ1) is 14.7. The van der Waals surface area contributed by atoms with E-state index < -0.39 is 22.5 Å². The summed E-state index contributed by atoms with van der Waals surface area (Å²) in [5.41, 5.74) is 1.63. The molecule has 3 aromatic carbocycles. The number of aryl methyl sites for hydroxylation is 1. The van der Waals surface area contributed by atoms with Crippen molar-refractivity contribution in [3.8, 4) is 5.75 Å². The zero-order chi connectivity index (χ0) is 22.6. The van der Waals surface area contributed by atoms with Crippen molar-refractivity contribution in [3.05, 3.63) is 81.8 Å². The molecule has 1 amide bonds. The lowest BCUT2D eigenvalue weighted by atomic mass is 10.2. The molecule has 0 atom stereocenters. The van der Waals surface area contributed by atoms with Crippen LogP contribution in [0, 0.1) is 6.92 Å². The minimum Gasteiger partial charge on any atom is -0.495 e. The molecular formula is C22H20BrClN2O4S. The quantitative estimate of drug-likeness (QED) is 0.459. The normalized spacial score (nSPS) is 11.1. The van der Waals surface area contributed by atoms with Gasteiger partial charge in [0.25, 0.3) is 10.0 Å². The van der Waals surface area contributed by atoms with Gasteiger partial charge in [0, 0.05) is 9.50 Å². The van der Waals surface area contributed by atoms with E-state index in [0.717, 1.165) is 9.87 Å². The minimum absolute atomic E-state index is 0.0891. The number of nitrogens with one attached hydrogen (secondary N) is 1. The van der Waals surface area contributed by atoms with Crippen LogP contribution in [0.3, 0.4) is 0 Å². The van der Waals surface area contributed by atoms with Crippen LogP contribution in [0.1, 0.15) is 5.56 Å². The fraction of sp³-hybridized carbons (Fsp3) is 0.136. The third kappa shape index (κ3) is 5.58. The van der Waals surface area contributed by atoms with Crippen molar-refractivity contribution in [2.75, 3.05) is 23.3 Å². The summed E-state index contributed by atoms with van der Waals surface area (Å²) in [5.74, 6) is -0.135. The molecular weight excluding hydrogens is 504 g/mol. The largest absolute Gasteiger partial charge is 0.495 e. The van der Waals surface area contributed by atoms with Crippen LogP contribution < -0.4 is 14.4 Å². The van der Waals surface area contributed by atoms with Gasteiger partial charge in [0.05, 0.1) is 23.4 Å². The summed E-state index contributed by atoms with van der Waals surface area (Å²) in [6.07, 6.45) is 0. The number of halogens is 2. The number of hydrogen-bond acceptors (Lipinski definition) is 4. The third-order valence-corrected chi connectivity index (χ3v) is 6.94. The van der Waals surface area contributed by atoms with Gasteiger partial charge in [0.2, 0.25) is 5.91 Å². The molecule has 0 bridgehead atoms. The first kappa shape index (κ1) is 23.1. The van der Waals surface area contributed by atoms with E-state index in [2.05, 4.69) is 21.2 Å². The Morgan fingerprint density at radius 2 is 1.81 bits per heavy atom. The number of benzene rings is 3. The van der Waals surface area contributed by atoms with Gasteiger partial charge in [-0.25, -0.2) is 8.42 Å². The van der Waals surface area contributed by atoms with E-state index >= 15 is 0 Å². The van der Waals surface area contributed by atoms with E-state index in [1.807, 2.05) is 6.92 Å². The first-order valence-corrected chi connectivity index (χ1v) is 11.8. The number of ether oxygens (including phenoxy) is 1. The molecule has 3 rings (SSSR count). The highest BCUT2D eigenvalue weighted by Gasteiger charge is 2.27. The molecule has 9 heteroatoms. The van der Waals surface area contributed by atoms with Crippen LogP contribution in [0.25, 0.3) is 0 Å². The zero-order valence-electron chi connectivity index (χ0n) is 16.8. The van der Waals surface area contributed by atoms with Crippen molar-refractivity contribution < 1.29 is 17.9 Å². The smallest absolute Gasteiger partial charge is 0.264 e. The molecule has 0 aliphatic heterocycles. The molecule has 0 heterocycles. The van der Waals surface area contributed by atoms with Gasteiger partial charge in [-0.05, 0) is 55.5 Å². The molecule has 0 unspecified atom stereocenters. The third-order valence-electron chi connectivity index (χ3n) is 4.43. The molecule has 3 aromatic rings. The Morgan fingerprint density at radius 1 is 1.10 bits per heavy atom. The van der Waals surface area contributed by atoms with Gasteiger partial charge in [-0.3, -0.25) is 9.10 Å². The Labute approximate surface area is 195 Å². The number of rotatable bonds is 7. The topological polar surface area (TPSA) is 75.7 Å². The lowest BCUT2D eigenvalue weighted by Gasteiger charge is -2.24. The Balaban J connectivity index is 1.97. The van der Waals surface area contributed by atoms with E-state index in [0.29, 0.717) is 26.6 Å². The molecule has 0 aliphatic carbocycles. The Bertz CT molecular complexity index is 1200. The summed E-state index contributed by atoms with van der Waals surface area (Å²) in [6, 6.07) is 18.0. The zero-order valence-corrected chi connectivity index (χ0v) is 20.0. The van der Waals surface area contributed by atoms with Gasteiger partial charge >= 0.3 is 0 Å². The predicted octanol–water partition coefficient (Wildman–Crippen LogP) is 5.25. The summed E-state index contributed by atoms with van der Waals surface area (Å²) in [7, 11) is -2.54. The number of sulfonamides is 1. The predicted molar refractivity (Wildman–Crippen MR) is 126 cm³/mol. The average Bonchev–Trinajstić information content (AvgIpc) is 2.72. The Hall–Kier alpha value is -2.55. The summed E-state index contributed by atoms with van der Waals surface area (Å²) < 4.78 is 33.8. The van der Waals surface area contributed by atoms with Gasteiger partial charge in [-0.15, -0.1) is 0 Å². The van der Waals surface area contributed by atoms with Crippen molar-refractivity contribution in [1.82, 2.24) is 0 Å². The highest BCUT2D eigenvalue weighted by molar-refractivity contribution is 9.10. The van der Waals surface area contributed by atoms with Gasteiger partial charge in [0.15, 0.2) is 0 Å². The minimum atomic E-state index is -4.00. The van der Waals surface area contributed by atoms with E-state index in [4.69, 9.17) is 16.3 Å². The van der Waals surface area contributed by atoms with Crippen molar-refractivity contribution in [1.29, 1.82) is 0 Å². The van der Waals surface area contributed by atoms with Crippen LogP contribution in [0.2, 0.25) is 5.02 Å². The lowest BCUT2D eigenvalue weighted by Crippen LogP contribution is -2.38. The number of anilines is 2. The maximum absolute atomic E-state index is 13.4. The second kappa shape index (κ2) is 9.72. The molecule has 0 spiro atoms. The van der Waals surface area contributed by atoms with Crippen molar-refractivity contribution in [3.63, 3.8) is 0 Å². The van der Waals surface area contributed by atoms with Gasteiger partial charge < -0.3 is 10.1 Å². The summed E-state index contributed by atoms with van der Waals surface area (Å²) in [5, 5.41) is 3.09. The molecule has 31 heavy (non-hydrogen) atoms. The highest BCUT2D eigenvalue weighted by Crippen LogP contribution is 2.29. The fourth-order valence-corrected chi connectivity index (χ4v) is 4.85. The van der Waals surface area contributed by atoms with E-state index in [1.165, 1.54) is 25.3 Å². The summed E-state index contributed by atoms with van der Waals surface area (Å²) in [4.78, 5) is 13.0. The van der Waals surface area contributed by atoms with Crippen molar-refractivity contribution in [2.45, 2.75) is 11.8 Å². The van der Waals surface area contributed by atoms with Crippen LogP contribution in [-0.4, -0.2) is 28.0 Å². The standard InChI is InChI=1S/C22H20BrClN2O4S/c1-15-6-9-19(10-7-15)31(28,29)26(18-5-3-4-16(23)12-18)14-22(27)25-20-13-17(24)8-11-21(20)30-2/h3-13H,14H2,1-2H3,(H,25,27). The van der Waals surface area contributed by atoms with Crippen LogP contribution in [0.4, 0.5) is 11.4 Å². The molecule has 0 aliphatic rings. The Morgan fingerprint density at radius 3 is 2.45 bits per heavy atom. The second-order valence-corrected chi connectivity index (χ2v) is 9.91. The summed E-state index contributed by atoms with van der Waals surface area (Å²) >= 11 is 9.38. The average molecular weight is 524 g/mol. The van der Waals surface area contributed by atoms with Gasteiger partial charge in [-0.1, -0.05) is 51.3 Å². The van der Waals surface area contributed by atoms with E-state index in [1.54, 1.807) is 48.5 Å². The number of hydrogen-bond donors (Lipinski definition) is 1. The molecule has 6 nitrogen and oxygen atoms in total. The molecule has 0 saturated carbocycles. The van der Waals surface area contributed by atoms with Crippen LogP contribution in [-0.2, 0) is 14.8 Å². The second-order valence-electron chi connectivity index (χ2n) is 6.70. The van der Waals surface area contributed by atoms with Crippen molar-refractivity contribution >= 4 is 54.8 Å². The Kier molecular flexibility index (Phi) is 7.25. The molecule has 0 aromatic heterocycles. The maximum Gasteiger partial charge on any atom is 0.264 e. The summed E-state index contributed by atoms with van der Waals surface area (Å²) in [6.45, 7) is 1.43. The maximum atomic E-state index is 13.4. The monoisotopic (exact) mass is 522 g/mol. The molecule has 0 fully saturated rings. The van der Waals surface area contributed by atoms with E-state index in [-0.39, 0.29) is 4.90 Å². The number of carbonyl (C=O) groups is 1.